The molecule has 1 unspecified atom stereocenters. The van der Waals surface area contributed by atoms with E-state index in [0.29, 0.717) is 26.1 Å². The molecule has 2 aliphatic heterocycles. The van der Waals surface area contributed by atoms with Gasteiger partial charge in [-0.05, 0) is 24.5 Å². The Balaban J connectivity index is 1.50. The van der Waals surface area contributed by atoms with Gasteiger partial charge in [0.2, 0.25) is 0 Å². The molecule has 0 amide bonds. The quantitative estimate of drug-likeness (QED) is 0.633. The number of aliphatic hydroxyl groups is 1. The monoisotopic (exact) mass is 410 g/mol. The maximum atomic E-state index is 11.5. The summed E-state index contributed by atoms with van der Waals surface area (Å²) in [6, 6.07) is 19.9. The fourth-order valence-corrected chi connectivity index (χ4v) is 4.42. The van der Waals surface area contributed by atoms with Gasteiger partial charge in [0.25, 0.3) is 0 Å². The minimum atomic E-state index is -1.26. The molecule has 160 valence electrons. The second kappa shape index (κ2) is 8.61. The molecule has 5 nitrogen and oxygen atoms in total. The molecule has 2 aromatic rings. The highest BCUT2D eigenvalue weighted by molar-refractivity contribution is 5.21. The largest absolute Gasteiger partial charge is 0.383 e. The Morgan fingerprint density at radius 1 is 1.00 bits per heavy atom. The highest BCUT2D eigenvalue weighted by atomic mass is 16.8. The fourth-order valence-electron chi connectivity index (χ4n) is 4.42. The van der Waals surface area contributed by atoms with E-state index in [4.69, 9.17) is 18.9 Å². The van der Waals surface area contributed by atoms with E-state index in [1.54, 1.807) is 6.08 Å². The van der Waals surface area contributed by atoms with Gasteiger partial charge in [-0.3, -0.25) is 0 Å². The van der Waals surface area contributed by atoms with Gasteiger partial charge in [-0.15, -0.1) is 6.58 Å². The first-order valence-electron chi connectivity index (χ1n) is 10.5. The van der Waals surface area contributed by atoms with E-state index in [0.717, 1.165) is 11.1 Å². The zero-order chi connectivity index (χ0) is 21.1. The second-order valence-electron chi connectivity index (χ2n) is 8.34. The molecule has 5 heteroatoms. The molecule has 0 radical (unpaired) electrons. The van der Waals surface area contributed by atoms with Crippen LogP contribution >= 0.6 is 0 Å². The van der Waals surface area contributed by atoms with Crippen LogP contribution in [-0.4, -0.2) is 41.4 Å². The second-order valence-corrected chi connectivity index (χ2v) is 8.34. The van der Waals surface area contributed by atoms with Gasteiger partial charge in [0.1, 0.15) is 11.7 Å². The van der Waals surface area contributed by atoms with Gasteiger partial charge < -0.3 is 24.1 Å². The third kappa shape index (κ3) is 4.09. The van der Waals surface area contributed by atoms with Gasteiger partial charge in [-0.1, -0.05) is 66.7 Å². The van der Waals surface area contributed by atoms with Crippen molar-refractivity contribution in [3.8, 4) is 0 Å². The molecular formula is C25H30O5. The Morgan fingerprint density at radius 3 is 2.20 bits per heavy atom. The topological polar surface area (TPSA) is 57.2 Å². The number of hydrogen-bond acceptors (Lipinski definition) is 5. The minimum Gasteiger partial charge on any atom is -0.383 e. The van der Waals surface area contributed by atoms with Crippen LogP contribution in [0.3, 0.4) is 0 Å². The van der Waals surface area contributed by atoms with E-state index >= 15 is 0 Å². The Bertz CT molecular complexity index is 841. The lowest BCUT2D eigenvalue weighted by atomic mass is 9.74. The summed E-state index contributed by atoms with van der Waals surface area (Å²) >= 11 is 0. The molecule has 2 aromatic carbocycles. The molecule has 2 fully saturated rings. The first kappa shape index (κ1) is 21.2. The molecule has 2 saturated heterocycles. The van der Waals surface area contributed by atoms with Gasteiger partial charge in [0.15, 0.2) is 11.4 Å². The Kier molecular flexibility index (Phi) is 6.09. The SMILES string of the molecule is C=CC1(O)CC[C@]2(C)O[C@H](COCc3ccccc3)[C@@]1(COCc1ccccc1)O2. The molecule has 30 heavy (non-hydrogen) atoms. The van der Waals surface area contributed by atoms with Crippen molar-refractivity contribution < 1.29 is 24.1 Å². The van der Waals surface area contributed by atoms with Gasteiger partial charge in [0, 0.05) is 6.42 Å². The van der Waals surface area contributed by atoms with Crippen LogP contribution in [0.1, 0.15) is 30.9 Å². The summed E-state index contributed by atoms with van der Waals surface area (Å²) in [5.74, 6) is -0.772. The smallest absolute Gasteiger partial charge is 0.167 e. The highest BCUT2D eigenvalue weighted by Gasteiger charge is 2.68. The summed E-state index contributed by atoms with van der Waals surface area (Å²) in [5.41, 5.74) is -0.197. The number of ether oxygens (including phenoxy) is 4. The van der Waals surface area contributed by atoms with Gasteiger partial charge >= 0.3 is 0 Å². The first-order valence-corrected chi connectivity index (χ1v) is 10.5. The van der Waals surface area contributed by atoms with E-state index < -0.39 is 23.1 Å². The predicted molar refractivity (Wildman–Crippen MR) is 114 cm³/mol. The lowest BCUT2D eigenvalue weighted by Crippen LogP contribution is -2.65. The first-order chi connectivity index (χ1) is 14.5. The van der Waals surface area contributed by atoms with E-state index in [1.165, 1.54) is 0 Å². The summed E-state index contributed by atoms with van der Waals surface area (Å²) in [6.45, 7) is 7.16. The number of rotatable bonds is 9. The van der Waals surface area contributed by atoms with Gasteiger partial charge in [-0.2, -0.15) is 0 Å². The van der Waals surface area contributed by atoms with Crippen LogP contribution in [0.2, 0.25) is 0 Å². The molecule has 4 atom stereocenters. The average Bonchev–Trinajstić information content (AvgIpc) is 3.02. The normalized spacial score (nSPS) is 32.8. The molecule has 2 heterocycles. The molecule has 2 bridgehead atoms. The highest BCUT2D eigenvalue weighted by Crippen LogP contribution is 2.52. The zero-order valence-electron chi connectivity index (χ0n) is 17.5. The molecule has 0 aliphatic carbocycles. The van der Waals surface area contributed by atoms with E-state index in [9.17, 15) is 5.11 Å². The van der Waals surface area contributed by atoms with Crippen molar-refractivity contribution in [1.82, 2.24) is 0 Å². The molecule has 2 aliphatic rings. The summed E-state index contributed by atoms with van der Waals surface area (Å²) < 4.78 is 24.7. The maximum absolute atomic E-state index is 11.5. The summed E-state index contributed by atoms with van der Waals surface area (Å²) in [6.07, 6.45) is 2.16. The number of benzene rings is 2. The zero-order valence-corrected chi connectivity index (χ0v) is 17.5. The standard InChI is InChI=1S/C25H30O5/c1-3-24(26)15-14-23(2)29-22(18-27-16-20-10-6-4-7-11-20)25(24,30-23)19-28-17-21-12-8-5-9-13-21/h3-13,22,26H,1,14-19H2,2H3/t22-,23-,24?,25-/m1/s1. The Morgan fingerprint density at radius 2 is 1.60 bits per heavy atom. The lowest BCUT2D eigenvalue weighted by Gasteiger charge is -2.48. The third-order valence-electron chi connectivity index (χ3n) is 6.15. The van der Waals surface area contributed by atoms with Crippen molar-refractivity contribution in [3.63, 3.8) is 0 Å². The fraction of sp³-hybridized carbons (Fsp3) is 0.440. The summed E-state index contributed by atoms with van der Waals surface area (Å²) in [4.78, 5) is 0. The molecule has 0 saturated carbocycles. The minimum absolute atomic E-state index is 0.180. The summed E-state index contributed by atoms with van der Waals surface area (Å²) in [5, 5.41) is 11.5. The average molecular weight is 411 g/mol. The van der Waals surface area contributed by atoms with Crippen LogP contribution < -0.4 is 0 Å². The predicted octanol–water partition coefficient (Wildman–Crippen LogP) is 4.00. The molecular weight excluding hydrogens is 380 g/mol. The van der Waals surface area contributed by atoms with Crippen LogP contribution in [0.5, 0.6) is 0 Å². The van der Waals surface area contributed by atoms with Crippen molar-refractivity contribution in [3.05, 3.63) is 84.4 Å². The van der Waals surface area contributed by atoms with E-state index in [-0.39, 0.29) is 13.2 Å². The van der Waals surface area contributed by atoms with Crippen LogP contribution in [-0.2, 0) is 32.2 Å². The number of hydrogen-bond donors (Lipinski definition) is 1. The Labute approximate surface area is 178 Å². The number of fused-ring (bicyclic) bond motifs is 2. The molecule has 4 rings (SSSR count). The van der Waals surface area contributed by atoms with Crippen molar-refractivity contribution in [1.29, 1.82) is 0 Å². The molecule has 0 spiro atoms. The van der Waals surface area contributed by atoms with E-state index in [2.05, 4.69) is 6.58 Å². The van der Waals surface area contributed by atoms with Crippen LogP contribution in [0.15, 0.2) is 73.3 Å². The van der Waals surface area contributed by atoms with Crippen molar-refractivity contribution in [2.45, 2.75) is 56.1 Å². The van der Waals surface area contributed by atoms with Crippen LogP contribution in [0, 0.1) is 0 Å². The summed E-state index contributed by atoms with van der Waals surface area (Å²) in [7, 11) is 0. The van der Waals surface area contributed by atoms with Crippen LogP contribution in [0.25, 0.3) is 0 Å². The van der Waals surface area contributed by atoms with Gasteiger partial charge in [-0.25, -0.2) is 0 Å². The van der Waals surface area contributed by atoms with E-state index in [1.807, 2.05) is 67.6 Å². The van der Waals surface area contributed by atoms with Crippen molar-refractivity contribution in [2.24, 2.45) is 0 Å². The Hall–Kier alpha value is -2.02. The third-order valence-corrected chi connectivity index (χ3v) is 6.15. The van der Waals surface area contributed by atoms with Gasteiger partial charge in [0.05, 0.1) is 26.4 Å². The lowest BCUT2D eigenvalue weighted by molar-refractivity contribution is -0.263. The van der Waals surface area contributed by atoms with Crippen molar-refractivity contribution >= 4 is 0 Å². The molecule has 1 N–H and O–H groups in total. The van der Waals surface area contributed by atoms with Crippen LogP contribution in [0.4, 0.5) is 0 Å². The van der Waals surface area contributed by atoms with Crippen molar-refractivity contribution in [2.75, 3.05) is 13.2 Å². The maximum Gasteiger partial charge on any atom is 0.167 e. The molecule has 0 aromatic heterocycles.